The number of esters is 1. The molecule has 3 heteroatoms. The first-order valence-corrected chi connectivity index (χ1v) is 12.6. The van der Waals surface area contributed by atoms with Gasteiger partial charge in [0.25, 0.3) is 0 Å². The maximum absolute atomic E-state index is 11.1. The molecule has 0 bridgehead atoms. The quantitative estimate of drug-likeness (QED) is 0.139. The van der Waals surface area contributed by atoms with Gasteiger partial charge >= 0.3 is 5.97 Å². The van der Waals surface area contributed by atoms with Crippen LogP contribution in [0.4, 0.5) is 0 Å². The van der Waals surface area contributed by atoms with E-state index in [1.165, 1.54) is 110 Å². The summed E-state index contributed by atoms with van der Waals surface area (Å²) in [4.78, 5) is 11.1. The number of phenols is 1. The summed E-state index contributed by atoms with van der Waals surface area (Å²) in [6, 6.07) is 5.38. The number of hydrogen-bond acceptors (Lipinski definition) is 3. The van der Waals surface area contributed by atoms with Gasteiger partial charge in [0.1, 0.15) is 0 Å². The van der Waals surface area contributed by atoms with E-state index in [0.717, 1.165) is 18.4 Å². The van der Waals surface area contributed by atoms with Gasteiger partial charge in [-0.25, -0.2) is 0 Å². The van der Waals surface area contributed by atoms with Gasteiger partial charge in [0.05, 0.1) is 0 Å². The lowest BCUT2D eigenvalue weighted by atomic mass is 10.0. The van der Waals surface area contributed by atoms with Gasteiger partial charge in [-0.1, -0.05) is 122 Å². The summed E-state index contributed by atoms with van der Waals surface area (Å²) < 4.78 is 5.03. The van der Waals surface area contributed by atoms with Crippen LogP contribution in [0.1, 0.15) is 129 Å². The molecule has 0 aliphatic heterocycles. The van der Waals surface area contributed by atoms with Gasteiger partial charge < -0.3 is 9.84 Å². The topological polar surface area (TPSA) is 46.5 Å². The lowest BCUT2D eigenvalue weighted by Crippen LogP contribution is -2.02. The Kier molecular flexibility index (Phi) is 16.2. The molecule has 0 aromatic heterocycles. The van der Waals surface area contributed by atoms with E-state index < -0.39 is 5.97 Å². The van der Waals surface area contributed by atoms with Crippen LogP contribution in [0.25, 0.3) is 0 Å². The first kappa shape index (κ1) is 26.5. The number of para-hydroxylation sites is 1. The molecule has 1 rings (SSSR count). The third kappa shape index (κ3) is 13.7. The summed E-state index contributed by atoms with van der Waals surface area (Å²) in [7, 11) is 0. The van der Waals surface area contributed by atoms with Gasteiger partial charge in [-0.3, -0.25) is 4.79 Å². The van der Waals surface area contributed by atoms with Crippen LogP contribution in [0.3, 0.4) is 0 Å². The Balaban J connectivity index is 1.90. The van der Waals surface area contributed by atoms with Crippen molar-refractivity contribution < 1.29 is 14.6 Å². The zero-order chi connectivity index (χ0) is 21.9. The lowest BCUT2D eigenvalue weighted by molar-refractivity contribution is -0.132. The van der Waals surface area contributed by atoms with E-state index in [1.54, 1.807) is 6.07 Å². The third-order valence-corrected chi connectivity index (χ3v) is 5.89. The number of hydrogen-bond donors (Lipinski definition) is 1. The molecule has 0 aliphatic rings. The van der Waals surface area contributed by atoms with Gasteiger partial charge in [0.15, 0.2) is 11.5 Å². The molecular weight excluding hydrogens is 372 g/mol. The number of ether oxygens (including phenoxy) is 1. The Bertz CT molecular complexity index is 553. The van der Waals surface area contributed by atoms with Crippen molar-refractivity contribution in [2.24, 2.45) is 0 Å². The number of carbonyl (C=O) groups excluding carboxylic acids is 1. The minimum absolute atomic E-state index is 0.115. The van der Waals surface area contributed by atoms with E-state index in [2.05, 4.69) is 6.92 Å². The minimum Gasteiger partial charge on any atom is -0.504 e. The first-order valence-electron chi connectivity index (χ1n) is 12.6. The monoisotopic (exact) mass is 418 g/mol. The molecule has 0 radical (unpaired) electrons. The molecular formula is C27H46O3. The molecule has 0 amide bonds. The summed E-state index contributed by atoms with van der Waals surface area (Å²) in [5.41, 5.74) is 0.870. The highest BCUT2D eigenvalue weighted by Crippen LogP contribution is 2.31. The van der Waals surface area contributed by atoms with Crippen molar-refractivity contribution >= 4 is 5.97 Å². The number of carbonyl (C=O) groups is 1. The summed E-state index contributed by atoms with van der Waals surface area (Å²) in [6.45, 7) is 3.63. The van der Waals surface area contributed by atoms with E-state index in [1.807, 2.05) is 12.1 Å². The van der Waals surface area contributed by atoms with Gasteiger partial charge in [-0.2, -0.15) is 0 Å². The highest BCUT2D eigenvalue weighted by Gasteiger charge is 2.09. The van der Waals surface area contributed by atoms with Crippen molar-refractivity contribution in [1.82, 2.24) is 0 Å². The van der Waals surface area contributed by atoms with Crippen LogP contribution in [-0.4, -0.2) is 11.1 Å². The fraction of sp³-hybridized carbons (Fsp3) is 0.741. The van der Waals surface area contributed by atoms with Crippen LogP contribution < -0.4 is 4.74 Å². The summed E-state index contributed by atoms with van der Waals surface area (Å²) in [5, 5.41) is 10.2. The average Bonchev–Trinajstić information content (AvgIpc) is 2.72. The Morgan fingerprint density at radius 2 is 1.17 bits per heavy atom. The van der Waals surface area contributed by atoms with Crippen molar-refractivity contribution in [3.05, 3.63) is 23.8 Å². The van der Waals surface area contributed by atoms with E-state index in [0.29, 0.717) is 0 Å². The van der Waals surface area contributed by atoms with Crippen LogP contribution in [0.2, 0.25) is 0 Å². The highest BCUT2D eigenvalue weighted by atomic mass is 16.5. The summed E-state index contributed by atoms with van der Waals surface area (Å²) >= 11 is 0. The molecule has 0 fully saturated rings. The Hall–Kier alpha value is -1.51. The number of rotatable bonds is 19. The van der Waals surface area contributed by atoms with Crippen molar-refractivity contribution in [3.63, 3.8) is 0 Å². The standard InChI is InChI=1S/C27H46O3/c1-3-4-5-6-7-8-9-10-11-12-13-14-15-16-17-18-19-21-25-22-20-23-26(27(25)29)30-24(2)28/h20,22-23,29H,3-19,21H2,1-2H3. The summed E-state index contributed by atoms with van der Waals surface area (Å²) in [6.07, 6.45) is 24.0. The number of phenolic OH excluding ortho intramolecular Hbond substituents is 1. The number of benzene rings is 1. The van der Waals surface area contributed by atoms with E-state index >= 15 is 0 Å². The van der Waals surface area contributed by atoms with Crippen LogP contribution in [0.15, 0.2) is 18.2 Å². The molecule has 3 nitrogen and oxygen atoms in total. The lowest BCUT2D eigenvalue weighted by Gasteiger charge is -2.09. The predicted molar refractivity (Wildman–Crippen MR) is 127 cm³/mol. The van der Waals surface area contributed by atoms with Gasteiger partial charge in [0.2, 0.25) is 0 Å². The van der Waals surface area contributed by atoms with Gasteiger partial charge in [0, 0.05) is 6.92 Å². The molecule has 172 valence electrons. The molecule has 1 N–H and O–H groups in total. The molecule has 0 spiro atoms. The van der Waals surface area contributed by atoms with Crippen LogP contribution in [0.5, 0.6) is 11.5 Å². The maximum atomic E-state index is 11.1. The van der Waals surface area contributed by atoms with Crippen LogP contribution in [0, 0.1) is 0 Å². The molecule has 1 aromatic rings. The smallest absolute Gasteiger partial charge is 0.308 e. The molecule has 0 saturated carbocycles. The van der Waals surface area contributed by atoms with Crippen LogP contribution >= 0.6 is 0 Å². The van der Waals surface area contributed by atoms with Crippen molar-refractivity contribution in [2.75, 3.05) is 0 Å². The van der Waals surface area contributed by atoms with Crippen LogP contribution in [-0.2, 0) is 11.2 Å². The predicted octanol–water partition coefficient (Wildman–Crippen LogP) is 8.51. The van der Waals surface area contributed by atoms with E-state index in [9.17, 15) is 9.90 Å². The Morgan fingerprint density at radius 3 is 1.60 bits per heavy atom. The zero-order valence-electron chi connectivity index (χ0n) is 19.7. The van der Waals surface area contributed by atoms with Crippen molar-refractivity contribution in [2.45, 2.75) is 129 Å². The second-order valence-corrected chi connectivity index (χ2v) is 8.76. The van der Waals surface area contributed by atoms with E-state index in [4.69, 9.17) is 4.74 Å². The van der Waals surface area contributed by atoms with Crippen molar-refractivity contribution in [1.29, 1.82) is 0 Å². The molecule has 0 atom stereocenters. The fourth-order valence-electron chi connectivity index (χ4n) is 4.05. The minimum atomic E-state index is -0.403. The average molecular weight is 419 g/mol. The normalized spacial score (nSPS) is 11.0. The number of unbranched alkanes of at least 4 members (excludes halogenated alkanes) is 16. The molecule has 1 aromatic carbocycles. The molecule has 0 heterocycles. The van der Waals surface area contributed by atoms with Gasteiger partial charge in [-0.15, -0.1) is 0 Å². The third-order valence-electron chi connectivity index (χ3n) is 5.89. The molecule has 30 heavy (non-hydrogen) atoms. The summed E-state index contributed by atoms with van der Waals surface area (Å²) in [5.74, 6) is -0.0172. The van der Waals surface area contributed by atoms with Gasteiger partial charge in [-0.05, 0) is 24.5 Å². The zero-order valence-corrected chi connectivity index (χ0v) is 19.7. The Morgan fingerprint density at radius 1 is 0.733 bits per heavy atom. The second-order valence-electron chi connectivity index (χ2n) is 8.76. The van der Waals surface area contributed by atoms with E-state index in [-0.39, 0.29) is 11.5 Å². The second kappa shape index (κ2) is 18.3. The SMILES string of the molecule is CCCCCCCCCCCCCCCCCCCc1cccc(OC(C)=O)c1O. The number of aryl methyl sites for hydroxylation is 1. The maximum Gasteiger partial charge on any atom is 0.308 e. The highest BCUT2D eigenvalue weighted by molar-refractivity contribution is 5.70. The molecule has 0 unspecified atom stereocenters. The largest absolute Gasteiger partial charge is 0.504 e. The molecule has 0 saturated heterocycles. The first-order chi connectivity index (χ1) is 14.6. The Labute approximate surface area is 185 Å². The molecule has 0 aliphatic carbocycles. The fourth-order valence-corrected chi connectivity index (χ4v) is 4.05. The number of aromatic hydroxyl groups is 1. The van der Waals surface area contributed by atoms with Crippen molar-refractivity contribution in [3.8, 4) is 11.5 Å².